The van der Waals surface area contributed by atoms with E-state index < -0.39 is 15.9 Å². The molecule has 0 saturated carbocycles. The molecule has 6 nitrogen and oxygen atoms in total. The molecule has 1 saturated heterocycles. The summed E-state index contributed by atoms with van der Waals surface area (Å²) in [6.07, 6.45) is 2.79. The van der Waals surface area contributed by atoms with Crippen LogP contribution in [-0.2, 0) is 14.8 Å². The summed E-state index contributed by atoms with van der Waals surface area (Å²) in [6, 6.07) is -0.152. The van der Waals surface area contributed by atoms with Gasteiger partial charge in [-0.3, -0.25) is 4.79 Å². The average Bonchev–Trinajstić information content (AvgIpc) is 2.14. The lowest BCUT2D eigenvalue weighted by Gasteiger charge is -2.31. The number of hydrogen-bond donors (Lipinski definition) is 2. The van der Waals surface area contributed by atoms with Crippen molar-refractivity contribution in [2.45, 2.75) is 18.9 Å². The van der Waals surface area contributed by atoms with Crippen molar-refractivity contribution < 1.29 is 13.2 Å². The number of carbonyl (C=O) groups is 1. The van der Waals surface area contributed by atoms with Gasteiger partial charge in [0, 0.05) is 12.6 Å². The van der Waals surface area contributed by atoms with Gasteiger partial charge in [-0.25, -0.2) is 8.42 Å². The van der Waals surface area contributed by atoms with E-state index in [0.29, 0.717) is 6.54 Å². The van der Waals surface area contributed by atoms with E-state index in [1.54, 1.807) is 0 Å². The number of primary amides is 1. The van der Waals surface area contributed by atoms with Crippen molar-refractivity contribution in [1.82, 2.24) is 9.62 Å². The van der Waals surface area contributed by atoms with Crippen LogP contribution in [-0.4, -0.2) is 50.6 Å². The SMILES string of the molecule is CS(=O)(=O)N(CC(N)=O)C1CCCNC1. The van der Waals surface area contributed by atoms with Gasteiger partial charge in [0.2, 0.25) is 15.9 Å². The number of nitrogens with zero attached hydrogens (tertiary/aromatic N) is 1. The maximum atomic E-state index is 11.5. The Labute approximate surface area is 89.9 Å². The number of piperidine rings is 1. The Morgan fingerprint density at radius 3 is 2.67 bits per heavy atom. The number of sulfonamides is 1. The lowest BCUT2D eigenvalue weighted by molar-refractivity contribution is -0.118. The van der Waals surface area contributed by atoms with Crippen molar-refractivity contribution in [3.8, 4) is 0 Å². The molecular weight excluding hydrogens is 218 g/mol. The molecule has 1 aliphatic rings. The molecule has 1 rings (SSSR count). The Morgan fingerprint density at radius 2 is 2.27 bits per heavy atom. The maximum Gasteiger partial charge on any atom is 0.232 e. The van der Waals surface area contributed by atoms with E-state index in [1.807, 2.05) is 0 Å². The third-order valence-electron chi connectivity index (χ3n) is 2.42. The number of rotatable bonds is 4. The van der Waals surface area contributed by atoms with Crippen LogP contribution in [0.3, 0.4) is 0 Å². The van der Waals surface area contributed by atoms with E-state index >= 15 is 0 Å². The Kier molecular flexibility index (Phi) is 4.06. The summed E-state index contributed by atoms with van der Waals surface area (Å²) in [5.41, 5.74) is 5.03. The van der Waals surface area contributed by atoms with Crippen LogP contribution in [0.25, 0.3) is 0 Å². The molecule has 0 aliphatic carbocycles. The number of nitrogens with one attached hydrogen (secondary N) is 1. The normalized spacial score (nSPS) is 22.9. The Hall–Kier alpha value is -0.660. The fraction of sp³-hybridized carbons (Fsp3) is 0.875. The van der Waals surface area contributed by atoms with Crippen LogP contribution < -0.4 is 11.1 Å². The average molecular weight is 235 g/mol. The number of carbonyl (C=O) groups excluding carboxylic acids is 1. The molecule has 1 aliphatic heterocycles. The minimum absolute atomic E-state index is 0.152. The first-order valence-electron chi connectivity index (χ1n) is 4.87. The van der Waals surface area contributed by atoms with Crippen molar-refractivity contribution >= 4 is 15.9 Å². The first-order chi connectivity index (χ1) is 6.91. The van der Waals surface area contributed by atoms with Gasteiger partial charge in [0.05, 0.1) is 12.8 Å². The second-order valence-corrected chi connectivity index (χ2v) is 5.71. The van der Waals surface area contributed by atoms with E-state index in [9.17, 15) is 13.2 Å². The summed E-state index contributed by atoms with van der Waals surface area (Å²) >= 11 is 0. The van der Waals surface area contributed by atoms with Gasteiger partial charge in [0.25, 0.3) is 0 Å². The molecule has 0 aromatic rings. The van der Waals surface area contributed by atoms with Crippen LogP contribution in [0.4, 0.5) is 0 Å². The molecule has 0 spiro atoms. The fourth-order valence-electron chi connectivity index (χ4n) is 1.75. The minimum Gasteiger partial charge on any atom is -0.369 e. The monoisotopic (exact) mass is 235 g/mol. The lowest BCUT2D eigenvalue weighted by Crippen LogP contribution is -2.51. The molecule has 1 heterocycles. The predicted octanol–water partition coefficient (Wildman–Crippen LogP) is -1.51. The number of nitrogens with two attached hydrogens (primary N) is 1. The summed E-state index contributed by atoms with van der Waals surface area (Å²) in [7, 11) is -3.37. The third kappa shape index (κ3) is 3.77. The van der Waals surface area contributed by atoms with E-state index in [-0.39, 0.29) is 12.6 Å². The van der Waals surface area contributed by atoms with Crippen molar-refractivity contribution in [2.75, 3.05) is 25.9 Å². The van der Waals surface area contributed by atoms with Gasteiger partial charge in [-0.2, -0.15) is 4.31 Å². The van der Waals surface area contributed by atoms with Gasteiger partial charge < -0.3 is 11.1 Å². The summed E-state index contributed by atoms with van der Waals surface area (Å²) in [6.45, 7) is 1.25. The van der Waals surface area contributed by atoms with Crippen LogP contribution in [0.15, 0.2) is 0 Å². The zero-order valence-corrected chi connectivity index (χ0v) is 9.59. The van der Waals surface area contributed by atoms with E-state index in [1.165, 1.54) is 4.31 Å². The highest BCUT2D eigenvalue weighted by Gasteiger charge is 2.28. The molecule has 1 amide bonds. The van der Waals surface area contributed by atoms with E-state index in [4.69, 9.17) is 5.73 Å². The molecule has 3 N–H and O–H groups in total. The first-order valence-corrected chi connectivity index (χ1v) is 6.72. The van der Waals surface area contributed by atoms with Gasteiger partial charge >= 0.3 is 0 Å². The molecule has 1 fully saturated rings. The Morgan fingerprint density at radius 1 is 1.60 bits per heavy atom. The molecule has 15 heavy (non-hydrogen) atoms. The van der Waals surface area contributed by atoms with Crippen LogP contribution in [0, 0.1) is 0 Å². The number of hydrogen-bond acceptors (Lipinski definition) is 4. The first kappa shape index (κ1) is 12.4. The maximum absolute atomic E-state index is 11.5. The van der Waals surface area contributed by atoms with Crippen LogP contribution >= 0.6 is 0 Å². The molecule has 7 heteroatoms. The van der Waals surface area contributed by atoms with Crippen molar-refractivity contribution in [1.29, 1.82) is 0 Å². The summed E-state index contributed by atoms with van der Waals surface area (Å²) in [5.74, 6) is -0.619. The molecule has 0 aromatic carbocycles. The lowest BCUT2D eigenvalue weighted by atomic mass is 10.1. The highest BCUT2D eigenvalue weighted by Crippen LogP contribution is 2.13. The molecular formula is C8H17N3O3S. The van der Waals surface area contributed by atoms with Crippen LogP contribution in [0.1, 0.15) is 12.8 Å². The predicted molar refractivity (Wildman–Crippen MR) is 56.6 cm³/mol. The topological polar surface area (TPSA) is 92.5 Å². The highest BCUT2D eigenvalue weighted by molar-refractivity contribution is 7.88. The standard InChI is InChI=1S/C8H17N3O3S/c1-15(13,14)11(6-8(9)12)7-3-2-4-10-5-7/h7,10H,2-6H2,1H3,(H2,9,12). The molecule has 0 radical (unpaired) electrons. The molecule has 1 unspecified atom stereocenters. The minimum atomic E-state index is -3.37. The van der Waals surface area contributed by atoms with E-state index in [0.717, 1.165) is 25.6 Å². The third-order valence-corrected chi connectivity index (χ3v) is 3.70. The van der Waals surface area contributed by atoms with Crippen molar-refractivity contribution in [3.05, 3.63) is 0 Å². The van der Waals surface area contributed by atoms with Gasteiger partial charge in [-0.05, 0) is 19.4 Å². The van der Waals surface area contributed by atoms with Crippen molar-refractivity contribution in [3.63, 3.8) is 0 Å². The second-order valence-electron chi connectivity index (χ2n) is 3.77. The van der Waals surface area contributed by atoms with Gasteiger partial charge in [0.15, 0.2) is 0 Å². The van der Waals surface area contributed by atoms with Crippen LogP contribution in [0.2, 0.25) is 0 Å². The van der Waals surface area contributed by atoms with E-state index in [2.05, 4.69) is 5.32 Å². The van der Waals surface area contributed by atoms with Crippen molar-refractivity contribution in [2.24, 2.45) is 5.73 Å². The largest absolute Gasteiger partial charge is 0.369 e. The smallest absolute Gasteiger partial charge is 0.232 e. The fourth-order valence-corrected chi connectivity index (χ4v) is 2.83. The molecule has 0 aromatic heterocycles. The number of amides is 1. The second kappa shape index (κ2) is 4.91. The molecule has 0 bridgehead atoms. The molecule has 1 atom stereocenters. The highest BCUT2D eigenvalue weighted by atomic mass is 32.2. The Balaban J connectivity index is 2.75. The van der Waals surface area contributed by atoms with Gasteiger partial charge in [-0.1, -0.05) is 0 Å². The summed E-state index contributed by atoms with van der Waals surface area (Å²) in [4.78, 5) is 10.8. The quantitative estimate of drug-likeness (QED) is 0.619. The van der Waals surface area contributed by atoms with Gasteiger partial charge in [-0.15, -0.1) is 0 Å². The van der Waals surface area contributed by atoms with Gasteiger partial charge in [0.1, 0.15) is 0 Å². The summed E-state index contributed by atoms with van der Waals surface area (Å²) < 4.78 is 24.1. The zero-order chi connectivity index (χ0) is 11.5. The summed E-state index contributed by atoms with van der Waals surface area (Å²) in [5, 5.41) is 3.10. The zero-order valence-electron chi connectivity index (χ0n) is 8.77. The molecule has 88 valence electrons. The van der Waals surface area contributed by atoms with Crippen LogP contribution in [0.5, 0.6) is 0 Å². The Bertz CT molecular complexity index is 322.